The van der Waals surface area contributed by atoms with E-state index in [0.717, 1.165) is 45.4 Å². The van der Waals surface area contributed by atoms with Crippen molar-refractivity contribution >= 4 is 29.2 Å². The molecule has 3 aromatic rings. The summed E-state index contributed by atoms with van der Waals surface area (Å²) < 4.78 is 0. The second-order valence-corrected chi connectivity index (χ2v) is 10.2. The minimum atomic E-state index is -1.82. The number of hydrogen-bond donors (Lipinski definition) is 2. The first-order valence-corrected chi connectivity index (χ1v) is 13.3. The van der Waals surface area contributed by atoms with Crippen LogP contribution in [0.15, 0.2) is 72.1 Å². The Kier molecular flexibility index (Phi) is 10.9. The molecule has 1 amide bonds. The van der Waals surface area contributed by atoms with E-state index in [0.29, 0.717) is 12.5 Å². The number of benzene rings is 2. The highest BCUT2D eigenvalue weighted by Gasteiger charge is 2.29. The van der Waals surface area contributed by atoms with Gasteiger partial charge in [-0.3, -0.25) is 9.69 Å². The number of aliphatic carboxylic acids is 2. The third kappa shape index (κ3) is 9.15. The van der Waals surface area contributed by atoms with Gasteiger partial charge in [0.15, 0.2) is 0 Å². The molecule has 196 valence electrons. The fraction of sp³-hybridized carbons (Fsp3) is 0.345. The molecule has 1 fully saturated rings. The molecule has 2 heterocycles. The molecule has 0 saturated carbocycles. The van der Waals surface area contributed by atoms with Gasteiger partial charge in [0.1, 0.15) is 0 Å². The lowest BCUT2D eigenvalue weighted by Gasteiger charge is -2.34. The zero-order chi connectivity index (χ0) is 26.6. The van der Waals surface area contributed by atoms with Crippen molar-refractivity contribution in [3.8, 4) is 0 Å². The van der Waals surface area contributed by atoms with Gasteiger partial charge in [-0.15, -0.1) is 11.3 Å². The van der Waals surface area contributed by atoms with Gasteiger partial charge < -0.3 is 15.1 Å². The number of aryl methyl sites for hydroxylation is 1. The summed E-state index contributed by atoms with van der Waals surface area (Å²) in [6.45, 7) is 6.69. The van der Waals surface area contributed by atoms with Crippen molar-refractivity contribution in [1.29, 1.82) is 0 Å². The largest absolute Gasteiger partial charge is 0.473 e. The number of thiophene rings is 1. The molecule has 0 unspecified atom stereocenters. The fourth-order valence-electron chi connectivity index (χ4n) is 4.35. The van der Waals surface area contributed by atoms with Crippen LogP contribution in [0.2, 0.25) is 0 Å². The number of hydrogen-bond acceptors (Lipinski definition) is 5. The quantitative estimate of drug-likeness (QED) is 0.417. The van der Waals surface area contributed by atoms with Gasteiger partial charge in [0, 0.05) is 30.4 Å². The smallest absolute Gasteiger partial charge is 0.414 e. The van der Waals surface area contributed by atoms with Crippen LogP contribution in [0.1, 0.15) is 34.4 Å². The molecule has 0 spiro atoms. The van der Waals surface area contributed by atoms with Crippen molar-refractivity contribution < 1.29 is 24.6 Å². The molecule has 37 heavy (non-hydrogen) atoms. The summed E-state index contributed by atoms with van der Waals surface area (Å²) in [4.78, 5) is 37.8. The lowest BCUT2D eigenvalue weighted by Crippen LogP contribution is -2.42. The fourth-order valence-corrected chi connectivity index (χ4v) is 5.29. The number of piperidine rings is 1. The average Bonchev–Trinajstić information content (AvgIpc) is 3.32. The molecule has 8 heteroatoms. The average molecular weight is 523 g/mol. The van der Waals surface area contributed by atoms with E-state index >= 15 is 0 Å². The summed E-state index contributed by atoms with van der Waals surface area (Å²) in [6.07, 6.45) is 2.82. The van der Waals surface area contributed by atoms with Crippen molar-refractivity contribution in [3.63, 3.8) is 0 Å². The van der Waals surface area contributed by atoms with Gasteiger partial charge in [-0.1, -0.05) is 60.7 Å². The van der Waals surface area contributed by atoms with Gasteiger partial charge in [-0.25, -0.2) is 9.59 Å². The maximum Gasteiger partial charge on any atom is 0.414 e. The maximum atomic E-state index is 13.5. The Balaban J connectivity index is 0.000000568. The normalized spacial score (nSPS) is 13.9. The summed E-state index contributed by atoms with van der Waals surface area (Å²) in [5.74, 6) is -3.18. The monoisotopic (exact) mass is 522 g/mol. The Morgan fingerprint density at radius 1 is 0.892 bits per heavy atom. The van der Waals surface area contributed by atoms with Crippen LogP contribution < -0.4 is 0 Å². The van der Waals surface area contributed by atoms with Crippen LogP contribution >= 0.6 is 11.3 Å². The molecule has 2 aromatic carbocycles. The summed E-state index contributed by atoms with van der Waals surface area (Å²) in [5.41, 5.74) is 3.88. The second kappa shape index (κ2) is 14.3. The highest BCUT2D eigenvalue weighted by atomic mass is 32.1. The van der Waals surface area contributed by atoms with Gasteiger partial charge in [-0.05, 0) is 67.4 Å². The molecular formula is C29H34N2O5S. The predicted octanol–water partition coefficient (Wildman–Crippen LogP) is 4.70. The van der Waals surface area contributed by atoms with E-state index < -0.39 is 11.9 Å². The minimum absolute atomic E-state index is 0.139. The number of carboxylic acids is 2. The van der Waals surface area contributed by atoms with Crippen LogP contribution in [-0.4, -0.2) is 57.5 Å². The van der Waals surface area contributed by atoms with Crippen molar-refractivity contribution in [2.45, 2.75) is 39.3 Å². The highest BCUT2D eigenvalue weighted by Crippen LogP contribution is 2.25. The zero-order valence-corrected chi connectivity index (χ0v) is 21.9. The predicted molar refractivity (Wildman–Crippen MR) is 144 cm³/mol. The molecule has 0 aliphatic carbocycles. The standard InChI is InChI=1S/C27H32N2OS.C2H2O4/c1-22-15-19-31-26(22)21-28-16-13-25(14-17-28)27(30)29(20-24-10-6-3-7-11-24)18-12-23-8-4-2-5-9-23;3-1(4)2(5)6/h2-11,15,19,25H,12-14,16-18,20-21H2,1H3;(H,3,4)(H,5,6). The first-order chi connectivity index (χ1) is 17.8. The Morgan fingerprint density at radius 3 is 1.97 bits per heavy atom. The van der Waals surface area contributed by atoms with E-state index in [-0.39, 0.29) is 5.92 Å². The van der Waals surface area contributed by atoms with Crippen molar-refractivity contribution in [3.05, 3.63) is 93.7 Å². The van der Waals surface area contributed by atoms with Crippen LogP contribution in [0.5, 0.6) is 0 Å². The highest BCUT2D eigenvalue weighted by molar-refractivity contribution is 7.10. The third-order valence-corrected chi connectivity index (χ3v) is 7.50. The minimum Gasteiger partial charge on any atom is -0.473 e. The summed E-state index contributed by atoms with van der Waals surface area (Å²) in [6, 6.07) is 23.1. The van der Waals surface area contributed by atoms with E-state index in [1.54, 1.807) is 0 Å². The lowest BCUT2D eigenvalue weighted by atomic mass is 9.94. The first-order valence-electron chi connectivity index (χ1n) is 12.4. The van der Waals surface area contributed by atoms with Gasteiger partial charge >= 0.3 is 11.9 Å². The van der Waals surface area contributed by atoms with Gasteiger partial charge in [0.25, 0.3) is 0 Å². The van der Waals surface area contributed by atoms with Gasteiger partial charge in [0.2, 0.25) is 5.91 Å². The summed E-state index contributed by atoms with van der Waals surface area (Å²) >= 11 is 1.84. The van der Waals surface area contributed by atoms with Crippen LogP contribution in [0.25, 0.3) is 0 Å². The molecule has 0 radical (unpaired) electrons. The number of likely N-dealkylation sites (tertiary alicyclic amines) is 1. The Hall–Kier alpha value is -3.49. The van der Waals surface area contributed by atoms with Crippen LogP contribution in [0.3, 0.4) is 0 Å². The van der Waals surface area contributed by atoms with Crippen molar-refractivity contribution in [1.82, 2.24) is 9.80 Å². The van der Waals surface area contributed by atoms with E-state index in [9.17, 15) is 4.79 Å². The van der Waals surface area contributed by atoms with Crippen LogP contribution in [0.4, 0.5) is 0 Å². The summed E-state index contributed by atoms with van der Waals surface area (Å²) in [5, 5.41) is 17.0. The molecule has 1 saturated heterocycles. The third-order valence-electron chi connectivity index (χ3n) is 6.50. The molecule has 4 rings (SSSR count). The molecule has 2 N–H and O–H groups in total. The molecule has 7 nitrogen and oxygen atoms in total. The number of nitrogens with zero attached hydrogens (tertiary/aromatic N) is 2. The Bertz CT molecular complexity index is 1130. The van der Waals surface area contributed by atoms with E-state index in [1.807, 2.05) is 23.5 Å². The zero-order valence-electron chi connectivity index (χ0n) is 21.1. The second-order valence-electron chi connectivity index (χ2n) is 9.17. The van der Waals surface area contributed by atoms with Gasteiger partial charge in [0.05, 0.1) is 0 Å². The molecule has 1 aliphatic heterocycles. The molecule has 0 bridgehead atoms. The molecular weight excluding hydrogens is 488 g/mol. The van der Waals surface area contributed by atoms with Crippen LogP contribution in [-0.2, 0) is 33.9 Å². The molecule has 1 aromatic heterocycles. The van der Waals surface area contributed by atoms with Crippen molar-refractivity contribution in [2.24, 2.45) is 5.92 Å². The number of amides is 1. The number of carboxylic acid groups (broad SMARTS) is 2. The van der Waals surface area contributed by atoms with Crippen LogP contribution in [0, 0.1) is 12.8 Å². The SMILES string of the molecule is Cc1ccsc1CN1CCC(C(=O)N(CCc2ccccc2)Cc2ccccc2)CC1.O=C(O)C(=O)O. The van der Waals surface area contributed by atoms with E-state index in [2.05, 4.69) is 76.7 Å². The van der Waals surface area contributed by atoms with E-state index in [4.69, 9.17) is 19.8 Å². The molecule has 1 aliphatic rings. The number of carbonyl (C=O) groups excluding carboxylic acids is 1. The summed E-state index contributed by atoms with van der Waals surface area (Å²) in [7, 11) is 0. The van der Waals surface area contributed by atoms with Crippen molar-refractivity contribution in [2.75, 3.05) is 19.6 Å². The number of carbonyl (C=O) groups is 3. The lowest BCUT2D eigenvalue weighted by molar-refractivity contribution is -0.159. The first kappa shape index (κ1) is 28.1. The van der Waals surface area contributed by atoms with Gasteiger partial charge in [-0.2, -0.15) is 0 Å². The maximum absolute atomic E-state index is 13.5. The van der Waals surface area contributed by atoms with E-state index in [1.165, 1.54) is 21.6 Å². The Morgan fingerprint density at radius 2 is 1.46 bits per heavy atom. The molecule has 0 atom stereocenters. The Labute approximate surface area is 222 Å². The topological polar surface area (TPSA) is 98.2 Å². The number of rotatable bonds is 8.